The highest BCUT2D eigenvalue weighted by molar-refractivity contribution is 6.32. The summed E-state index contributed by atoms with van der Waals surface area (Å²) in [6.45, 7) is 0. The molecule has 0 bridgehead atoms. The Hall–Kier alpha value is -2.39. The first-order chi connectivity index (χ1) is 8.61. The first-order valence-corrected chi connectivity index (χ1v) is 5.19. The van der Waals surface area contributed by atoms with Crippen LogP contribution in [0.5, 0.6) is 0 Å². The van der Waals surface area contributed by atoms with E-state index in [1.54, 1.807) is 6.07 Å². The molecular weight excluding hydrogens is 259 g/mol. The van der Waals surface area contributed by atoms with Crippen LogP contribution >= 0.6 is 11.6 Å². The number of rotatable bonds is 2. The van der Waals surface area contributed by atoms with Crippen LogP contribution in [0, 0.1) is 17.1 Å². The van der Waals surface area contributed by atoms with Gasteiger partial charge in [0.25, 0.3) is 5.56 Å². The van der Waals surface area contributed by atoms with E-state index in [4.69, 9.17) is 16.9 Å². The van der Waals surface area contributed by atoms with Gasteiger partial charge in [0.15, 0.2) is 5.82 Å². The third-order valence-electron chi connectivity index (χ3n) is 2.15. The fourth-order valence-corrected chi connectivity index (χ4v) is 1.45. The maximum Gasteiger partial charge on any atom is 0.271 e. The smallest absolute Gasteiger partial charge is 0.271 e. The molecule has 0 aliphatic heterocycles. The molecule has 0 atom stereocenters. The van der Waals surface area contributed by atoms with Crippen molar-refractivity contribution >= 4 is 23.1 Å². The fraction of sp³-hybridized carbons (Fsp3) is 0. The van der Waals surface area contributed by atoms with Crippen molar-refractivity contribution in [1.82, 2.24) is 9.97 Å². The van der Waals surface area contributed by atoms with Crippen molar-refractivity contribution in [3.63, 3.8) is 0 Å². The second-order valence-electron chi connectivity index (χ2n) is 3.33. The second kappa shape index (κ2) is 4.85. The van der Waals surface area contributed by atoms with Gasteiger partial charge in [0.05, 0.1) is 11.9 Å². The lowest BCUT2D eigenvalue weighted by molar-refractivity contribution is 0.624. The third kappa shape index (κ3) is 2.31. The minimum Gasteiger partial charge on any atom is -0.339 e. The lowest BCUT2D eigenvalue weighted by atomic mass is 10.2. The number of hydrogen-bond donors (Lipinski definition) is 2. The number of aromatic amines is 1. The average Bonchev–Trinajstić information content (AvgIpc) is 2.37. The van der Waals surface area contributed by atoms with E-state index in [9.17, 15) is 9.18 Å². The van der Waals surface area contributed by atoms with Crippen molar-refractivity contribution in [3.8, 4) is 6.07 Å². The largest absolute Gasteiger partial charge is 0.339 e. The van der Waals surface area contributed by atoms with Crippen molar-refractivity contribution in [1.29, 1.82) is 5.26 Å². The van der Waals surface area contributed by atoms with Crippen LogP contribution in [-0.4, -0.2) is 9.97 Å². The van der Waals surface area contributed by atoms with E-state index in [1.165, 1.54) is 18.5 Å². The molecule has 0 aliphatic rings. The van der Waals surface area contributed by atoms with Gasteiger partial charge in [-0.2, -0.15) is 5.26 Å². The molecule has 0 radical (unpaired) electrons. The Labute approximate surface area is 106 Å². The predicted octanol–water partition coefficient (Wildman–Crippen LogP) is 2.18. The van der Waals surface area contributed by atoms with E-state index < -0.39 is 11.4 Å². The van der Waals surface area contributed by atoms with Gasteiger partial charge in [-0.25, -0.2) is 9.37 Å². The van der Waals surface area contributed by atoms with Gasteiger partial charge >= 0.3 is 0 Å². The van der Waals surface area contributed by atoms with E-state index in [1.807, 2.05) is 0 Å². The molecular formula is C11H6ClFN4O. The number of nitrogens with zero attached hydrogens (tertiary/aromatic N) is 2. The molecule has 0 aliphatic carbocycles. The highest BCUT2D eigenvalue weighted by atomic mass is 35.5. The third-order valence-corrected chi connectivity index (χ3v) is 2.50. The topological polar surface area (TPSA) is 81.6 Å². The van der Waals surface area contributed by atoms with E-state index in [0.29, 0.717) is 5.69 Å². The lowest BCUT2D eigenvalue weighted by Gasteiger charge is -2.06. The van der Waals surface area contributed by atoms with Crippen molar-refractivity contribution in [2.75, 3.05) is 5.32 Å². The number of aromatic nitrogens is 2. The van der Waals surface area contributed by atoms with Crippen LogP contribution in [0.1, 0.15) is 5.56 Å². The number of nitriles is 1. The number of H-pyrrole nitrogens is 1. The maximum absolute atomic E-state index is 13.1. The fourth-order valence-electron chi connectivity index (χ4n) is 1.30. The van der Waals surface area contributed by atoms with Crippen molar-refractivity contribution < 1.29 is 4.39 Å². The molecule has 0 unspecified atom stereocenters. The predicted molar refractivity (Wildman–Crippen MR) is 64.3 cm³/mol. The van der Waals surface area contributed by atoms with Gasteiger partial charge in [0.2, 0.25) is 0 Å². The molecule has 90 valence electrons. The Balaban J connectivity index is 2.38. The monoisotopic (exact) mass is 264 g/mol. The van der Waals surface area contributed by atoms with Gasteiger partial charge in [-0.05, 0) is 18.2 Å². The number of benzene rings is 1. The zero-order valence-electron chi connectivity index (χ0n) is 8.87. The minimum atomic E-state index is -0.618. The van der Waals surface area contributed by atoms with Gasteiger partial charge in [-0.1, -0.05) is 11.6 Å². The zero-order valence-corrected chi connectivity index (χ0v) is 9.62. The molecule has 0 fully saturated rings. The Morgan fingerprint density at radius 1 is 1.50 bits per heavy atom. The van der Waals surface area contributed by atoms with Crippen LogP contribution in [0.2, 0.25) is 5.02 Å². The zero-order chi connectivity index (χ0) is 13.1. The van der Waals surface area contributed by atoms with Crippen LogP contribution in [0.4, 0.5) is 15.9 Å². The van der Waals surface area contributed by atoms with Crippen LogP contribution in [0.25, 0.3) is 0 Å². The lowest BCUT2D eigenvalue weighted by Crippen LogP contribution is -2.09. The molecule has 0 spiro atoms. The molecule has 7 heteroatoms. The molecule has 0 saturated heterocycles. The molecule has 5 nitrogen and oxygen atoms in total. The summed E-state index contributed by atoms with van der Waals surface area (Å²) < 4.78 is 13.1. The number of halogens is 2. The van der Waals surface area contributed by atoms with E-state index in [2.05, 4.69) is 15.3 Å². The highest BCUT2D eigenvalue weighted by Crippen LogP contribution is 2.21. The first kappa shape index (κ1) is 12.1. The quantitative estimate of drug-likeness (QED) is 0.871. The van der Waals surface area contributed by atoms with Crippen molar-refractivity contribution in [2.45, 2.75) is 0 Å². The van der Waals surface area contributed by atoms with Gasteiger partial charge < -0.3 is 10.3 Å². The minimum absolute atomic E-state index is 0.110. The maximum atomic E-state index is 13.1. The molecule has 2 rings (SSSR count). The highest BCUT2D eigenvalue weighted by Gasteiger charge is 2.08. The SMILES string of the molecule is N#Cc1cc(Nc2nc[nH]c(=O)c2Cl)ccc1F. The molecule has 0 amide bonds. The molecule has 1 aromatic carbocycles. The number of nitrogens with one attached hydrogen (secondary N) is 2. The summed E-state index contributed by atoms with van der Waals surface area (Å²) in [6.07, 6.45) is 1.19. The summed E-state index contributed by atoms with van der Waals surface area (Å²) in [5.41, 5.74) is -0.189. The first-order valence-electron chi connectivity index (χ1n) is 4.81. The van der Waals surface area contributed by atoms with Gasteiger partial charge in [-0.15, -0.1) is 0 Å². The summed E-state index contributed by atoms with van der Waals surface area (Å²) in [5.74, 6) is -0.482. The normalized spacial score (nSPS) is 9.83. The van der Waals surface area contributed by atoms with Gasteiger partial charge in [0, 0.05) is 5.69 Å². The molecule has 2 N–H and O–H groups in total. The average molecular weight is 265 g/mol. The summed E-state index contributed by atoms with van der Waals surface area (Å²) in [4.78, 5) is 17.4. The number of hydrogen-bond acceptors (Lipinski definition) is 4. The molecule has 1 heterocycles. The Kier molecular flexibility index (Phi) is 3.26. The van der Waals surface area contributed by atoms with Crippen LogP contribution in [0.3, 0.4) is 0 Å². The van der Waals surface area contributed by atoms with E-state index in [-0.39, 0.29) is 16.4 Å². The summed E-state index contributed by atoms with van der Waals surface area (Å²) in [5, 5.41) is 11.3. The van der Waals surface area contributed by atoms with Crippen molar-refractivity contribution in [3.05, 3.63) is 51.3 Å². The second-order valence-corrected chi connectivity index (χ2v) is 3.70. The molecule has 0 saturated carbocycles. The van der Waals surface area contributed by atoms with Crippen LogP contribution in [-0.2, 0) is 0 Å². The van der Waals surface area contributed by atoms with Gasteiger partial charge in [0.1, 0.15) is 16.9 Å². The van der Waals surface area contributed by atoms with Gasteiger partial charge in [-0.3, -0.25) is 4.79 Å². The molecule has 1 aromatic heterocycles. The summed E-state index contributed by atoms with van der Waals surface area (Å²) >= 11 is 5.74. The van der Waals surface area contributed by atoms with E-state index in [0.717, 1.165) is 6.07 Å². The number of anilines is 2. The Morgan fingerprint density at radius 2 is 2.28 bits per heavy atom. The van der Waals surface area contributed by atoms with Crippen LogP contribution in [0.15, 0.2) is 29.3 Å². The van der Waals surface area contributed by atoms with E-state index >= 15 is 0 Å². The van der Waals surface area contributed by atoms with Crippen molar-refractivity contribution in [2.24, 2.45) is 0 Å². The summed E-state index contributed by atoms with van der Waals surface area (Å²) in [7, 11) is 0. The molecule has 18 heavy (non-hydrogen) atoms. The molecule has 2 aromatic rings. The van der Waals surface area contributed by atoms with Crippen LogP contribution < -0.4 is 10.9 Å². The Bertz CT molecular complexity index is 692. The summed E-state index contributed by atoms with van der Waals surface area (Å²) in [6, 6.07) is 5.56. The Morgan fingerprint density at radius 3 is 3.00 bits per heavy atom. The standard InChI is InChI=1S/C11H6ClFN4O/c12-9-10(15-5-16-11(9)18)17-7-1-2-8(13)6(3-7)4-14/h1-3,5H,(H2,15,16,17,18).